The Hall–Kier alpha value is -2.64. The lowest BCUT2D eigenvalue weighted by atomic mass is 10.3. The quantitative estimate of drug-likeness (QED) is 0.618. The van der Waals surface area contributed by atoms with Gasteiger partial charge in [0, 0.05) is 25.7 Å². The first-order chi connectivity index (χ1) is 10.1. The molecule has 0 saturated heterocycles. The molecule has 0 spiro atoms. The van der Waals surface area contributed by atoms with Crippen molar-refractivity contribution in [2.75, 3.05) is 23.8 Å². The van der Waals surface area contributed by atoms with Gasteiger partial charge < -0.3 is 14.6 Å². The molecule has 2 aromatic rings. The number of nitro groups is 1. The number of nitrogens with one attached hydrogen (secondary N) is 1. The molecule has 0 unspecified atom stereocenters. The minimum atomic E-state index is -0.481. The van der Waals surface area contributed by atoms with Crippen molar-refractivity contribution in [1.29, 1.82) is 0 Å². The summed E-state index contributed by atoms with van der Waals surface area (Å²) < 4.78 is 5.00. The van der Waals surface area contributed by atoms with Crippen molar-refractivity contribution < 1.29 is 9.34 Å². The van der Waals surface area contributed by atoms with Crippen molar-refractivity contribution in [1.82, 2.24) is 9.97 Å². The van der Waals surface area contributed by atoms with Gasteiger partial charge in [-0.2, -0.15) is 4.98 Å². The van der Waals surface area contributed by atoms with E-state index in [1.54, 1.807) is 30.5 Å². The van der Waals surface area contributed by atoms with E-state index >= 15 is 0 Å². The van der Waals surface area contributed by atoms with Crippen molar-refractivity contribution >= 4 is 17.5 Å². The number of anilines is 2. The molecule has 0 atom stereocenters. The van der Waals surface area contributed by atoms with E-state index in [1.807, 2.05) is 6.92 Å². The summed E-state index contributed by atoms with van der Waals surface area (Å²) in [5, 5.41) is 14.1. The van der Waals surface area contributed by atoms with E-state index < -0.39 is 4.92 Å². The van der Waals surface area contributed by atoms with Gasteiger partial charge in [0.05, 0.1) is 17.4 Å². The van der Waals surface area contributed by atoms with Crippen LogP contribution in [0.25, 0.3) is 0 Å². The Morgan fingerprint density at radius 1 is 1.52 bits per heavy atom. The van der Waals surface area contributed by atoms with Crippen LogP contribution >= 0.6 is 0 Å². The SMILES string of the molecule is CCCNc1ncc([N+](=O)[O-])c(N(C)Cc2ccoc2)n1. The van der Waals surface area contributed by atoms with E-state index in [2.05, 4.69) is 15.3 Å². The highest BCUT2D eigenvalue weighted by atomic mass is 16.6. The molecular formula is C13H17N5O3. The van der Waals surface area contributed by atoms with E-state index in [9.17, 15) is 10.1 Å². The lowest BCUT2D eigenvalue weighted by molar-refractivity contribution is -0.384. The van der Waals surface area contributed by atoms with Crippen LogP contribution in [0.15, 0.2) is 29.2 Å². The summed E-state index contributed by atoms with van der Waals surface area (Å²) >= 11 is 0. The van der Waals surface area contributed by atoms with E-state index in [0.29, 0.717) is 19.0 Å². The van der Waals surface area contributed by atoms with E-state index in [1.165, 1.54) is 6.20 Å². The lowest BCUT2D eigenvalue weighted by Crippen LogP contribution is -2.20. The van der Waals surface area contributed by atoms with Crippen molar-refractivity contribution in [3.05, 3.63) is 40.5 Å². The molecule has 2 heterocycles. The van der Waals surface area contributed by atoms with Gasteiger partial charge >= 0.3 is 5.69 Å². The molecule has 2 aromatic heterocycles. The van der Waals surface area contributed by atoms with Crippen molar-refractivity contribution in [3.8, 4) is 0 Å². The van der Waals surface area contributed by atoms with Gasteiger partial charge in [-0.15, -0.1) is 0 Å². The first kappa shape index (κ1) is 14.8. The summed E-state index contributed by atoms with van der Waals surface area (Å²) in [4.78, 5) is 20.5. The summed E-state index contributed by atoms with van der Waals surface area (Å²) in [6, 6.07) is 1.81. The van der Waals surface area contributed by atoms with Gasteiger partial charge in [-0.1, -0.05) is 6.92 Å². The molecule has 0 radical (unpaired) electrons. The molecule has 0 aliphatic heterocycles. The second-order valence-electron chi connectivity index (χ2n) is 4.57. The predicted octanol–water partition coefficient (Wildman–Crippen LogP) is 2.44. The molecule has 1 N–H and O–H groups in total. The maximum atomic E-state index is 11.1. The van der Waals surface area contributed by atoms with Crippen molar-refractivity contribution in [2.24, 2.45) is 0 Å². The standard InChI is InChI=1S/C13H17N5O3/c1-3-5-14-13-15-7-11(18(19)20)12(16-13)17(2)8-10-4-6-21-9-10/h4,6-7,9H,3,5,8H2,1-2H3,(H,14,15,16). The van der Waals surface area contributed by atoms with E-state index in [0.717, 1.165) is 12.0 Å². The lowest BCUT2D eigenvalue weighted by Gasteiger charge is -2.17. The van der Waals surface area contributed by atoms with Crippen LogP contribution in [0.5, 0.6) is 0 Å². The predicted molar refractivity (Wildman–Crippen MR) is 78.3 cm³/mol. The third-order valence-electron chi connectivity index (χ3n) is 2.84. The summed E-state index contributed by atoms with van der Waals surface area (Å²) in [6.45, 7) is 3.19. The third kappa shape index (κ3) is 3.68. The largest absolute Gasteiger partial charge is 0.472 e. The van der Waals surface area contributed by atoms with Crippen LogP contribution in [0.3, 0.4) is 0 Å². The van der Waals surface area contributed by atoms with Crippen LogP contribution in [0.4, 0.5) is 17.5 Å². The maximum Gasteiger partial charge on any atom is 0.329 e. The molecule has 8 heteroatoms. The number of nitrogens with zero attached hydrogens (tertiary/aromatic N) is 4. The first-order valence-electron chi connectivity index (χ1n) is 6.59. The molecular weight excluding hydrogens is 274 g/mol. The summed E-state index contributed by atoms with van der Waals surface area (Å²) in [6.07, 6.45) is 5.30. The summed E-state index contributed by atoms with van der Waals surface area (Å²) in [5.41, 5.74) is 0.788. The Labute approximate surface area is 122 Å². The number of hydrogen-bond donors (Lipinski definition) is 1. The molecule has 2 rings (SSSR count). The second kappa shape index (κ2) is 6.69. The van der Waals surface area contributed by atoms with Crippen LogP contribution in [-0.4, -0.2) is 28.5 Å². The average Bonchev–Trinajstić information content (AvgIpc) is 2.97. The zero-order valence-electron chi connectivity index (χ0n) is 11.9. The van der Waals surface area contributed by atoms with Crippen LogP contribution in [0, 0.1) is 10.1 Å². The smallest absolute Gasteiger partial charge is 0.329 e. The van der Waals surface area contributed by atoms with Gasteiger partial charge in [0.15, 0.2) is 0 Å². The molecule has 0 saturated carbocycles. The zero-order chi connectivity index (χ0) is 15.2. The normalized spacial score (nSPS) is 10.4. The Balaban J connectivity index is 2.26. The minimum Gasteiger partial charge on any atom is -0.472 e. The fourth-order valence-electron chi connectivity index (χ4n) is 1.83. The number of rotatable bonds is 7. The fourth-order valence-corrected chi connectivity index (χ4v) is 1.83. The molecule has 0 aliphatic carbocycles. The van der Waals surface area contributed by atoms with Crippen LogP contribution in [0.1, 0.15) is 18.9 Å². The first-order valence-corrected chi connectivity index (χ1v) is 6.59. The Morgan fingerprint density at radius 2 is 2.33 bits per heavy atom. The van der Waals surface area contributed by atoms with Gasteiger partial charge in [-0.3, -0.25) is 10.1 Å². The topological polar surface area (TPSA) is 97.3 Å². The van der Waals surface area contributed by atoms with E-state index in [4.69, 9.17) is 4.42 Å². The van der Waals surface area contributed by atoms with E-state index in [-0.39, 0.29) is 11.5 Å². The molecule has 0 aliphatic rings. The number of furan rings is 1. The number of hydrogen-bond acceptors (Lipinski definition) is 7. The highest BCUT2D eigenvalue weighted by Crippen LogP contribution is 2.26. The fraction of sp³-hybridized carbons (Fsp3) is 0.385. The Morgan fingerprint density at radius 3 is 2.95 bits per heavy atom. The maximum absolute atomic E-state index is 11.1. The molecule has 0 bridgehead atoms. The average molecular weight is 291 g/mol. The molecule has 0 amide bonds. The molecule has 0 aromatic carbocycles. The number of aromatic nitrogens is 2. The zero-order valence-corrected chi connectivity index (χ0v) is 11.9. The van der Waals surface area contributed by atoms with Crippen molar-refractivity contribution in [2.45, 2.75) is 19.9 Å². The van der Waals surface area contributed by atoms with Crippen LogP contribution in [-0.2, 0) is 6.54 Å². The monoisotopic (exact) mass is 291 g/mol. The summed E-state index contributed by atoms with van der Waals surface area (Å²) in [5.74, 6) is 0.659. The van der Waals surface area contributed by atoms with Crippen molar-refractivity contribution in [3.63, 3.8) is 0 Å². The highest BCUT2D eigenvalue weighted by molar-refractivity contribution is 5.58. The second-order valence-corrected chi connectivity index (χ2v) is 4.57. The van der Waals surface area contributed by atoms with Gasteiger partial charge in [0.2, 0.25) is 11.8 Å². The van der Waals surface area contributed by atoms with Gasteiger partial charge in [0.1, 0.15) is 6.20 Å². The van der Waals surface area contributed by atoms with Gasteiger partial charge in [-0.05, 0) is 12.5 Å². The highest BCUT2D eigenvalue weighted by Gasteiger charge is 2.21. The molecule has 0 fully saturated rings. The van der Waals surface area contributed by atoms with Crippen LogP contribution < -0.4 is 10.2 Å². The Bertz CT molecular complexity index is 600. The van der Waals surface area contributed by atoms with Gasteiger partial charge in [0.25, 0.3) is 0 Å². The van der Waals surface area contributed by atoms with Crippen LogP contribution in [0.2, 0.25) is 0 Å². The molecule has 21 heavy (non-hydrogen) atoms. The molecule has 8 nitrogen and oxygen atoms in total. The molecule has 112 valence electrons. The van der Waals surface area contributed by atoms with Gasteiger partial charge in [-0.25, -0.2) is 4.98 Å². The Kier molecular flexibility index (Phi) is 4.70. The minimum absolute atomic E-state index is 0.122. The summed E-state index contributed by atoms with van der Waals surface area (Å²) in [7, 11) is 1.74. The third-order valence-corrected chi connectivity index (χ3v) is 2.84.